The minimum absolute atomic E-state index is 0. The molecule has 1 amide bonds. The average Bonchev–Trinajstić information content (AvgIpc) is 2.94. The Morgan fingerprint density at radius 2 is 1.88 bits per heavy atom. The van der Waals surface area contributed by atoms with E-state index in [1.54, 1.807) is 24.3 Å². The number of amides is 1. The van der Waals surface area contributed by atoms with Crippen molar-refractivity contribution in [1.29, 1.82) is 5.26 Å². The van der Waals surface area contributed by atoms with Gasteiger partial charge in [0.15, 0.2) is 5.44 Å². The monoisotopic (exact) mass is 656 g/mol. The number of nitrogens with two attached hydrogens (primary N) is 1. The fourth-order valence-corrected chi connectivity index (χ4v) is 2.94. The molecule has 0 aliphatic carbocycles. The van der Waals surface area contributed by atoms with Gasteiger partial charge in [-0.05, 0) is 36.4 Å². The predicted molar refractivity (Wildman–Crippen MR) is 152 cm³/mol. The van der Waals surface area contributed by atoms with E-state index < -0.39 is 5.44 Å². The van der Waals surface area contributed by atoms with Crippen molar-refractivity contribution < 1.29 is 66.3 Å². The number of rotatable bonds is 20. The Morgan fingerprint density at radius 1 is 1.15 bits per heavy atom. The van der Waals surface area contributed by atoms with Crippen molar-refractivity contribution in [3.05, 3.63) is 35.6 Å². The molecule has 1 aromatic rings. The van der Waals surface area contributed by atoms with Crippen LogP contribution in [0.25, 0.3) is 5.73 Å². The topological polar surface area (TPSA) is 169 Å². The van der Waals surface area contributed by atoms with Crippen molar-refractivity contribution in [2.24, 2.45) is 11.7 Å². The summed E-state index contributed by atoms with van der Waals surface area (Å²) in [4.78, 5) is 12.0. The molecule has 1 aromatic carbocycles. The maximum absolute atomic E-state index is 12.0. The van der Waals surface area contributed by atoms with Crippen molar-refractivity contribution in [2.45, 2.75) is 25.7 Å². The third-order valence-electron chi connectivity index (χ3n) is 4.26. The van der Waals surface area contributed by atoms with Crippen molar-refractivity contribution >= 4 is 17.7 Å². The van der Waals surface area contributed by atoms with E-state index in [2.05, 4.69) is 17.2 Å². The Morgan fingerprint density at radius 3 is 2.52 bits per heavy atom. The van der Waals surface area contributed by atoms with Crippen LogP contribution in [0.5, 0.6) is 5.75 Å². The Hall–Kier alpha value is -1.29. The van der Waals surface area contributed by atoms with E-state index in [-0.39, 0.29) is 51.8 Å². The normalized spacial score (nSPS) is 10.7. The Labute approximate surface area is 268 Å². The molecule has 1 radical (unpaired) electrons. The number of thiocyanates is 1. The number of hydrogen-bond acceptors (Lipinski definition) is 10. The van der Waals surface area contributed by atoms with Crippen LogP contribution in [0.3, 0.4) is 0 Å². The summed E-state index contributed by atoms with van der Waals surface area (Å²) in [6.07, 6.45) is 0.609. The van der Waals surface area contributed by atoms with Crippen LogP contribution in [0.4, 0.5) is 0 Å². The molecule has 40 heavy (non-hydrogen) atoms. The molecular weight excluding hydrogens is 613 g/mol. The van der Waals surface area contributed by atoms with E-state index in [9.17, 15) is 4.79 Å². The molecule has 0 aromatic heterocycles. The zero-order valence-electron chi connectivity index (χ0n) is 23.6. The fourth-order valence-electron chi connectivity index (χ4n) is 2.52. The zero-order valence-corrected chi connectivity index (χ0v) is 27.2. The molecule has 11 nitrogen and oxygen atoms in total. The number of nitrogens with zero attached hydrogens (tertiary/aromatic N) is 1. The smallest absolute Gasteiger partial charge is 0.251 e. The van der Waals surface area contributed by atoms with Crippen LogP contribution in [0.2, 0.25) is 0 Å². The van der Waals surface area contributed by atoms with Crippen LogP contribution in [0.15, 0.2) is 24.3 Å². The van der Waals surface area contributed by atoms with Gasteiger partial charge in [-0.3, -0.25) is 4.79 Å². The SMILES string of the molecule is CC(C)C#CCOCC[NH-].N#CSC(COc1cccc(C(=O)NCCN)c1)OCCOCCOCCCO.[Y]. The molecule has 0 bridgehead atoms. The second-order valence-corrected chi connectivity index (χ2v) is 8.92. The van der Waals surface area contributed by atoms with Gasteiger partial charge in [-0.15, -0.1) is 6.54 Å². The summed E-state index contributed by atoms with van der Waals surface area (Å²) < 4.78 is 26.9. The number of carbonyl (C=O) groups is 1. The number of nitriles is 1. The van der Waals surface area contributed by atoms with Crippen LogP contribution in [0.1, 0.15) is 30.6 Å². The molecule has 223 valence electrons. The summed E-state index contributed by atoms with van der Waals surface area (Å²) in [6, 6.07) is 6.76. The second kappa shape index (κ2) is 30.7. The van der Waals surface area contributed by atoms with Crippen molar-refractivity contribution in [3.63, 3.8) is 0 Å². The largest absolute Gasteiger partial charge is 0.676 e. The van der Waals surface area contributed by atoms with E-state index in [4.69, 9.17) is 45.5 Å². The first-order valence-electron chi connectivity index (χ1n) is 12.8. The van der Waals surface area contributed by atoms with E-state index in [0.717, 1.165) is 11.8 Å². The second-order valence-electron chi connectivity index (χ2n) is 7.97. The molecular formula is C27H43N4O7SY-. The van der Waals surface area contributed by atoms with Gasteiger partial charge in [-0.25, -0.2) is 0 Å². The molecule has 0 aliphatic heterocycles. The summed E-state index contributed by atoms with van der Waals surface area (Å²) in [6.45, 7) is 8.45. The van der Waals surface area contributed by atoms with Crippen molar-refractivity contribution in [2.75, 3.05) is 79.1 Å². The summed E-state index contributed by atoms with van der Waals surface area (Å²) >= 11 is 0.956. The standard InChI is InChI=1S/C19H29N3O6S.C8H14NO.Y/c20-5-6-22-19(24)16-3-1-4-17(13-16)28-14-18(29-15-21)27-12-11-26-10-9-25-8-2-7-23;1-8(2)4-3-6-10-7-5-9;/h1,3-4,13,18,23H,2,5-12,14,20H2,(H,22,24);8-9H,5-7H2,1-2H3;/q;-1;. The predicted octanol–water partition coefficient (Wildman–Crippen LogP) is 2.44. The maximum Gasteiger partial charge on any atom is 0.251 e. The third kappa shape index (κ3) is 25.7. The quantitative estimate of drug-likeness (QED) is 0.0821. The first-order chi connectivity index (χ1) is 19.0. The minimum atomic E-state index is -0.487. The maximum atomic E-state index is 12.0. The van der Waals surface area contributed by atoms with Gasteiger partial charge in [0.25, 0.3) is 5.91 Å². The molecule has 1 rings (SSSR count). The summed E-state index contributed by atoms with van der Waals surface area (Å²) in [5.41, 5.74) is 12.1. The fraction of sp³-hybridized carbons (Fsp3) is 0.630. The number of hydrogen-bond donors (Lipinski definition) is 3. The van der Waals surface area contributed by atoms with Crippen molar-refractivity contribution in [1.82, 2.24) is 5.32 Å². The van der Waals surface area contributed by atoms with Crippen LogP contribution in [0, 0.1) is 28.4 Å². The molecule has 13 heteroatoms. The molecule has 0 saturated carbocycles. The van der Waals surface area contributed by atoms with Crippen LogP contribution >= 0.6 is 11.8 Å². The molecule has 0 heterocycles. The average molecular weight is 657 g/mol. The zero-order chi connectivity index (χ0) is 29.0. The van der Waals surface area contributed by atoms with Gasteiger partial charge in [-0.1, -0.05) is 31.8 Å². The van der Waals surface area contributed by atoms with Crippen LogP contribution in [-0.2, 0) is 51.7 Å². The van der Waals surface area contributed by atoms with E-state index >= 15 is 0 Å². The first kappa shape index (κ1) is 40.9. The number of benzene rings is 1. The number of carbonyl (C=O) groups excluding carboxylic acids is 1. The van der Waals surface area contributed by atoms with E-state index in [0.29, 0.717) is 89.5 Å². The van der Waals surface area contributed by atoms with Gasteiger partial charge < -0.3 is 45.6 Å². The molecule has 5 N–H and O–H groups in total. The number of thioether (sulfide) groups is 1. The van der Waals surface area contributed by atoms with Crippen molar-refractivity contribution in [3.8, 4) is 23.0 Å². The Balaban J connectivity index is 0. The minimum Gasteiger partial charge on any atom is -0.676 e. The Kier molecular flexibility index (Phi) is 31.3. The van der Waals surface area contributed by atoms with Gasteiger partial charge in [0.2, 0.25) is 0 Å². The molecule has 0 saturated heterocycles. The van der Waals surface area contributed by atoms with E-state index in [1.165, 1.54) is 0 Å². The number of nitrogens with one attached hydrogen (secondary N) is 2. The third-order valence-corrected chi connectivity index (χ3v) is 4.90. The molecule has 0 spiro atoms. The first-order valence-corrected chi connectivity index (χ1v) is 13.7. The van der Waals surface area contributed by atoms with Gasteiger partial charge in [-0.2, -0.15) is 5.26 Å². The van der Waals surface area contributed by atoms with Gasteiger partial charge in [0.05, 0.1) is 26.4 Å². The number of aliphatic hydroxyl groups is 1. The van der Waals surface area contributed by atoms with Gasteiger partial charge in [0, 0.05) is 77.1 Å². The molecule has 0 fully saturated rings. The van der Waals surface area contributed by atoms with E-state index in [1.807, 2.05) is 19.2 Å². The Bertz CT molecular complexity index is 850. The summed E-state index contributed by atoms with van der Waals surface area (Å²) in [5, 5.41) is 22.2. The summed E-state index contributed by atoms with van der Waals surface area (Å²) in [7, 11) is 0. The molecule has 0 aliphatic rings. The molecule has 1 unspecified atom stereocenters. The number of ether oxygens (including phenoxy) is 5. The molecule has 1 atom stereocenters. The van der Waals surface area contributed by atoms with Crippen LogP contribution in [-0.4, -0.2) is 95.5 Å². The van der Waals surface area contributed by atoms with Gasteiger partial charge in [0.1, 0.15) is 24.4 Å². The number of aliphatic hydroxyl groups excluding tert-OH is 1. The van der Waals surface area contributed by atoms with Crippen LogP contribution < -0.4 is 15.8 Å². The van der Waals surface area contributed by atoms with Gasteiger partial charge >= 0.3 is 0 Å². The summed E-state index contributed by atoms with van der Waals surface area (Å²) in [5.74, 6) is 6.53.